The molecule has 60 heavy (non-hydrogen) atoms. The first-order valence-corrected chi connectivity index (χ1v) is 26.7. The predicted molar refractivity (Wildman–Crippen MR) is 256 cm³/mol. The first-order chi connectivity index (χ1) is 29.5. The van der Waals surface area contributed by atoms with Crippen LogP contribution < -0.4 is 0 Å². The second kappa shape index (κ2) is 49.8. The molecular weight excluding hydrogens is 745 g/mol. The fourth-order valence-electron chi connectivity index (χ4n) is 7.97. The highest BCUT2D eigenvalue weighted by Gasteiger charge is 2.19. The van der Waals surface area contributed by atoms with Gasteiger partial charge in [0.05, 0.1) is 0 Å². The first-order valence-electron chi connectivity index (χ1n) is 26.7. The summed E-state index contributed by atoms with van der Waals surface area (Å²) in [6.07, 6.45) is 54.8. The van der Waals surface area contributed by atoms with Gasteiger partial charge in [0.15, 0.2) is 6.10 Å². The molecule has 0 radical (unpaired) electrons. The summed E-state index contributed by atoms with van der Waals surface area (Å²) in [4.78, 5) is 37.9. The van der Waals surface area contributed by atoms with Gasteiger partial charge in [0.25, 0.3) is 0 Å². The lowest BCUT2D eigenvalue weighted by atomic mass is 10.0. The van der Waals surface area contributed by atoms with E-state index in [0.717, 1.165) is 57.8 Å². The van der Waals surface area contributed by atoms with Crippen molar-refractivity contribution in [3.63, 3.8) is 0 Å². The smallest absolute Gasteiger partial charge is 0.306 e. The molecule has 0 amide bonds. The Balaban J connectivity index is 4.28. The number of esters is 3. The van der Waals surface area contributed by atoms with Gasteiger partial charge in [-0.1, -0.05) is 245 Å². The molecule has 0 spiro atoms. The normalized spacial score (nSPS) is 12.0. The summed E-state index contributed by atoms with van der Waals surface area (Å²) in [6, 6.07) is 0. The molecule has 0 bridgehead atoms. The van der Waals surface area contributed by atoms with E-state index >= 15 is 0 Å². The molecule has 0 aliphatic heterocycles. The highest BCUT2D eigenvalue weighted by molar-refractivity contribution is 5.71. The first kappa shape index (κ1) is 58.1. The SMILES string of the molecule is CCCCCC/C=C\CCCCCCCCCC(=O)OC(COC(=O)CCCCCCCCCCCC)COC(=O)CCCCCCCCCCCCCCCCCCC. The second-order valence-electron chi connectivity index (χ2n) is 18.2. The Morgan fingerprint density at radius 3 is 0.850 bits per heavy atom. The van der Waals surface area contributed by atoms with Crippen molar-refractivity contribution in [2.45, 2.75) is 303 Å². The summed E-state index contributed by atoms with van der Waals surface area (Å²) in [5.74, 6) is -0.854. The maximum Gasteiger partial charge on any atom is 0.306 e. The summed E-state index contributed by atoms with van der Waals surface area (Å²) < 4.78 is 16.8. The van der Waals surface area contributed by atoms with Crippen molar-refractivity contribution >= 4 is 17.9 Å². The summed E-state index contributed by atoms with van der Waals surface area (Å²) in [7, 11) is 0. The second-order valence-corrected chi connectivity index (χ2v) is 18.2. The van der Waals surface area contributed by atoms with Crippen LogP contribution in [-0.2, 0) is 28.6 Å². The Bertz CT molecular complexity index is 931. The molecule has 0 rings (SSSR count). The molecule has 0 N–H and O–H groups in total. The van der Waals surface area contributed by atoms with Crippen LogP contribution >= 0.6 is 0 Å². The van der Waals surface area contributed by atoms with Gasteiger partial charge in [-0.3, -0.25) is 14.4 Å². The number of hydrogen-bond acceptors (Lipinski definition) is 6. The summed E-state index contributed by atoms with van der Waals surface area (Å²) >= 11 is 0. The molecule has 0 aliphatic rings. The van der Waals surface area contributed by atoms with Crippen LogP contribution in [-0.4, -0.2) is 37.2 Å². The molecule has 354 valence electrons. The predicted octanol–water partition coefficient (Wildman–Crippen LogP) is 17.4. The van der Waals surface area contributed by atoms with Crippen molar-refractivity contribution in [1.29, 1.82) is 0 Å². The van der Waals surface area contributed by atoms with Gasteiger partial charge in [-0.15, -0.1) is 0 Å². The van der Waals surface area contributed by atoms with E-state index in [1.807, 2.05) is 0 Å². The lowest BCUT2D eigenvalue weighted by Crippen LogP contribution is -2.30. The maximum absolute atomic E-state index is 12.8. The zero-order valence-electron chi connectivity index (χ0n) is 40.5. The largest absolute Gasteiger partial charge is 0.462 e. The van der Waals surface area contributed by atoms with Crippen LogP contribution in [0.1, 0.15) is 297 Å². The maximum atomic E-state index is 12.8. The van der Waals surface area contributed by atoms with Gasteiger partial charge in [0.2, 0.25) is 0 Å². The van der Waals surface area contributed by atoms with Crippen LogP contribution in [0.25, 0.3) is 0 Å². The van der Waals surface area contributed by atoms with E-state index in [1.165, 1.54) is 199 Å². The van der Waals surface area contributed by atoms with Crippen LogP contribution in [0.15, 0.2) is 12.2 Å². The Morgan fingerprint density at radius 2 is 0.550 bits per heavy atom. The minimum absolute atomic E-state index is 0.0664. The van der Waals surface area contributed by atoms with Crippen LogP contribution in [0.3, 0.4) is 0 Å². The van der Waals surface area contributed by atoms with Crippen LogP contribution in [0.2, 0.25) is 0 Å². The average Bonchev–Trinajstić information content (AvgIpc) is 3.24. The van der Waals surface area contributed by atoms with E-state index in [1.54, 1.807) is 0 Å². The molecule has 0 heterocycles. The molecule has 0 fully saturated rings. The third kappa shape index (κ3) is 47.2. The molecule has 0 saturated heterocycles. The van der Waals surface area contributed by atoms with E-state index in [2.05, 4.69) is 32.9 Å². The highest BCUT2D eigenvalue weighted by Crippen LogP contribution is 2.16. The van der Waals surface area contributed by atoms with Gasteiger partial charge >= 0.3 is 17.9 Å². The van der Waals surface area contributed by atoms with Crippen molar-refractivity contribution < 1.29 is 28.6 Å². The molecule has 0 aromatic rings. The fraction of sp³-hybridized carbons (Fsp3) is 0.907. The zero-order chi connectivity index (χ0) is 43.7. The Hall–Kier alpha value is -1.85. The van der Waals surface area contributed by atoms with Gasteiger partial charge in [-0.2, -0.15) is 0 Å². The topological polar surface area (TPSA) is 78.9 Å². The minimum atomic E-state index is -0.765. The Labute approximate surface area is 373 Å². The summed E-state index contributed by atoms with van der Waals surface area (Å²) in [5, 5.41) is 0. The van der Waals surface area contributed by atoms with E-state index < -0.39 is 6.10 Å². The van der Waals surface area contributed by atoms with Crippen molar-refractivity contribution in [3.05, 3.63) is 12.2 Å². The summed E-state index contributed by atoms with van der Waals surface area (Å²) in [6.45, 7) is 6.65. The van der Waals surface area contributed by atoms with Gasteiger partial charge < -0.3 is 14.2 Å². The lowest BCUT2D eigenvalue weighted by molar-refractivity contribution is -0.167. The van der Waals surface area contributed by atoms with Crippen LogP contribution in [0.5, 0.6) is 0 Å². The van der Waals surface area contributed by atoms with Crippen molar-refractivity contribution in [2.75, 3.05) is 13.2 Å². The monoisotopic (exact) mass is 847 g/mol. The Kier molecular flexibility index (Phi) is 48.3. The van der Waals surface area contributed by atoms with Gasteiger partial charge in [0.1, 0.15) is 13.2 Å². The Morgan fingerprint density at radius 1 is 0.317 bits per heavy atom. The summed E-state index contributed by atoms with van der Waals surface area (Å²) in [5.41, 5.74) is 0. The molecule has 0 aromatic heterocycles. The number of unbranched alkanes of at least 4 members (excludes halogenated alkanes) is 36. The number of carbonyl (C=O) groups excluding carboxylic acids is 3. The molecule has 1 atom stereocenters. The van der Waals surface area contributed by atoms with Gasteiger partial charge in [0, 0.05) is 19.3 Å². The minimum Gasteiger partial charge on any atom is -0.462 e. The number of allylic oxidation sites excluding steroid dienone is 2. The molecule has 0 saturated carbocycles. The van der Waals surface area contributed by atoms with Crippen molar-refractivity contribution in [3.8, 4) is 0 Å². The van der Waals surface area contributed by atoms with Gasteiger partial charge in [-0.25, -0.2) is 0 Å². The number of ether oxygens (including phenoxy) is 3. The molecule has 1 unspecified atom stereocenters. The molecular formula is C54H102O6. The van der Waals surface area contributed by atoms with E-state index in [0.29, 0.717) is 19.3 Å². The van der Waals surface area contributed by atoms with E-state index in [9.17, 15) is 14.4 Å². The van der Waals surface area contributed by atoms with Crippen LogP contribution in [0, 0.1) is 0 Å². The number of rotatable bonds is 49. The molecule has 0 aromatic carbocycles. The van der Waals surface area contributed by atoms with Crippen molar-refractivity contribution in [1.82, 2.24) is 0 Å². The standard InChI is InChI=1S/C54H102O6/c1-4-7-10-13-16-19-22-24-26-27-29-30-32-35-38-41-44-47-53(56)59-50-51(49-58-52(55)46-43-40-37-34-21-18-15-12-9-6-3)60-54(57)48-45-42-39-36-33-31-28-25-23-20-17-14-11-8-5-2/h20,23,51H,4-19,21-22,24-50H2,1-3H3/b23-20-. The molecule has 0 aliphatic carbocycles. The van der Waals surface area contributed by atoms with E-state index in [4.69, 9.17) is 14.2 Å². The third-order valence-electron chi connectivity index (χ3n) is 12.0. The third-order valence-corrected chi connectivity index (χ3v) is 12.0. The van der Waals surface area contributed by atoms with Gasteiger partial charge in [-0.05, 0) is 44.9 Å². The fourth-order valence-corrected chi connectivity index (χ4v) is 7.97. The zero-order valence-corrected chi connectivity index (χ0v) is 40.5. The quantitative estimate of drug-likeness (QED) is 0.0263. The molecule has 6 nitrogen and oxygen atoms in total. The number of carbonyl (C=O) groups is 3. The van der Waals surface area contributed by atoms with E-state index in [-0.39, 0.29) is 31.1 Å². The average molecular weight is 847 g/mol. The molecule has 6 heteroatoms. The van der Waals surface area contributed by atoms with Crippen LogP contribution in [0.4, 0.5) is 0 Å². The lowest BCUT2D eigenvalue weighted by Gasteiger charge is -2.18. The number of hydrogen-bond donors (Lipinski definition) is 0. The highest BCUT2D eigenvalue weighted by atomic mass is 16.6. The van der Waals surface area contributed by atoms with Crippen molar-refractivity contribution in [2.24, 2.45) is 0 Å².